The van der Waals surface area contributed by atoms with Gasteiger partial charge in [0.1, 0.15) is 24.7 Å². The first-order valence-corrected chi connectivity index (χ1v) is 5.73. The summed E-state index contributed by atoms with van der Waals surface area (Å²) in [6.07, 6.45) is 0. The minimum Gasteiger partial charge on any atom is -0.497 e. The van der Waals surface area contributed by atoms with Gasteiger partial charge in [-0.25, -0.2) is 9.18 Å². The molecule has 0 aliphatic heterocycles. The Morgan fingerprint density at radius 2 is 2.05 bits per heavy atom. The molecule has 4 N–H and O–H groups in total. The van der Waals surface area contributed by atoms with Gasteiger partial charge in [-0.15, -0.1) is 0 Å². The largest absolute Gasteiger partial charge is 0.497 e. The maximum absolute atomic E-state index is 13.6. The van der Waals surface area contributed by atoms with E-state index in [-0.39, 0.29) is 5.69 Å². The van der Waals surface area contributed by atoms with E-state index in [4.69, 9.17) is 15.6 Å². The van der Waals surface area contributed by atoms with Gasteiger partial charge in [0, 0.05) is 6.07 Å². The van der Waals surface area contributed by atoms with Crippen LogP contribution in [0.25, 0.3) is 0 Å². The highest BCUT2D eigenvalue weighted by Gasteiger charge is 2.20. The molecular weight excluding hydrogens is 285 g/mol. The van der Waals surface area contributed by atoms with Crippen LogP contribution in [-0.2, 0) is 9.59 Å². The molecule has 1 aromatic rings. The number of aliphatic carboxylic acids is 1. The Kier molecular flexibility index (Phi) is 5.47. The number of carbonyl (C=O) groups excluding carboxylic acids is 2. The number of amides is 3. The molecule has 114 valence electrons. The van der Waals surface area contributed by atoms with Crippen LogP contribution in [0, 0.1) is 5.82 Å². The number of nitrogens with zero attached hydrogens (tertiary/aromatic N) is 1. The van der Waals surface area contributed by atoms with Crippen LogP contribution in [0.2, 0.25) is 0 Å². The zero-order valence-corrected chi connectivity index (χ0v) is 11.1. The molecule has 0 fully saturated rings. The lowest BCUT2D eigenvalue weighted by Gasteiger charge is -2.19. The van der Waals surface area contributed by atoms with Crippen LogP contribution < -0.4 is 15.8 Å². The molecule has 0 atom stereocenters. The second-order valence-corrected chi connectivity index (χ2v) is 3.99. The monoisotopic (exact) mass is 299 g/mol. The number of carboxylic acid groups (broad SMARTS) is 1. The summed E-state index contributed by atoms with van der Waals surface area (Å²) in [7, 11) is 1.36. The number of nitrogens with one attached hydrogen (secondary N) is 1. The third-order valence-corrected chi connectivity index (χ3v) is 2.38. The zero-order valence-electron chi connectivity index (χ0n) is 11.1. The minimum absolute atomic E-state index is 0.209. The molecular formula is C12H14FN3O5. The Morgan fingerprint density at radius 1 is 1.38 bits per heavy atom. The fourth-order valence-corrected chi connectivity index (χ4v) is 1.47. The third kappa shape index (κ3) is 4.97. The van der Waals surface area contributed by atoms with Crippen molar-refractivity contribution in [1.82, 2.24) is 4.90 Å². The molecule has 0 bridgehead atoms. The van der Waals surface area contributed by atoms with Crippen molar-refractivity contribution in [3.05, 3.63) is 24.0 Å². The van der Waals surface area contributed by atoms with Crippen LogP contribution in [0.5, 0.6) is 5.75 Å². The van der Waals surface area contributed by atoms with Crippen molar-refractivity contribution in [3.63, 3.8) is 0 Å². The number of rotatable bonds is 6. The number of anilines is 1. The smallest absolute Gasteiger partial charge is 0.323 e. The van der Waals surface area contributed by atoms with Gasteiger partial charge in [-0.1, -0.05) is 0 Å². The maximum atomic E-state index is 13.6. The van der Waals surface area contributed by atoms with E-state index in [0.717, 1.165) is 6.07 Å². The van der Waals surface area contributed by atoms with Crippen molar-refractivity contribution >= 4 is 23.6 Å². The van der Waals surface area contributed by atoms with Crippen LogP contribution in [0.4, 0.5) is 14.9 Å². The molecule has 0 aliphatic rings. The summed E-state index contributed by atoms with van der Waals surface area (Å²) in [6.45, 7) is -1.36. The molecule has 0 spiro atoms. The summed E-state index contributed by atoms with van der Waals surface area (Å²) in [5, 5.41) is 10.8. The Balaban J connectivity index is 2.89. The summed E-state index contributed by atoms with van der Waals surface area (Å²) in [4.78, 5) is 34.0. The molecule has 0 radical (unpaired) electrons. The number of ether oxygens (including phenoxy) is 1. The van der Waals surface area contributed by atoms with Crippen LogP contribution in [0.3, 0.4) is 0 Å². The zero-order chi connectivity index (χ0) is 16.0. The van der Waals surface area contributed by atoms with E-state index in [1.54, 1.807) is 0 Å². The number of primary amides is 1. The average molecular weight is 299 g/mol. The molecule has 0 heterocycles. The normalized spacial score (nSPS) is 9.81. The van der Waals surface area contributed by atoms with Crippen LogP contribution in [0.15, 0.2) is 18.2 Å². The van der Waals surface area contributed by atoms with Gasteiger partial charge in [-0.2, -0.15) is 0 Å². The van der Waals surface area contributed by atoms with Crippen molar-refractivity contribution < 1.29 is 28.6 Å². The second-order valence-electron chi connectivity index (χ2n) is 3.99. The first-order chi connectivity index (χ1) is 9.83. The van der Waals surface area contributed by atoms with Crippen LogP contribution in [0.1, 0.15) is 0 Å². The number of hydrogen-bond acceptors (Lipinski definition) is 4. The van der Waals surface area contributed by atoms with Crippen molar-refractivity contribution in [3.8, 4) is 5.75 Å². The third-order valence-electron chi connectivity index (χ3n) is 2.38. The summed E-state index contributed by atoms with van der Waals surface area (Å²) < 4.78 is 18.4. The molecule has 0 aromatic heterocycles. The molecule has 21 heavy (non-hydrogen) atoms. The minimum atomic E-state index is -1.34. The summed E-state index contributed by atoms with van der Waals surface area (Å²) in [5.74, 6) is -2.67. The van der Waals surface area contributed by atoms with Crippen molar-refractivity contribution in [1.29, 1.82) is 0 Å². The lowest BCUT2D eigenvalue weighted by molar-refractivity contribution is -0.137. The predicted molar refractivity (Wildman–Crippen MR) is 70.4 cm³/mol. The Labute approximate surface area is 119 Å². The molecule has 0 unspecified atom stereocenters. The van der Waals surface area contributed by atoms with E-state index in [1.807, 2.05) is 0 Å². The van der Waals surface area contributed by atoms with Crippen molar-refractivity contribution in [2.24, 2.45) is 5.73 Å². The lowest BCUT2D eigenvalue weighted by Crippen LogP contribution is -2.43. The highest BCUT2D eigenvalue weighted by Crippen LogP contribution is 2.21. The number of benzene rings is 1. The summed E-state index contributed by atoms with van der Waals surface area (Å²) in [6, 6.07) is 2.67. The number of methoxy groups -OCH3 is 1. The molecule has 3 amide bonds. The first-order valence-electron chi connectivity index (χ1n) is 5.73. The molecule has 8 nitrogen and oxygen atoms in total. The lowest BCUT2D eigenvalue weighted by atomic mass is 10.3. The van der Waals surface area contributed by atoms with Gasteiger partial charge < -0.3 is 25.8 Å². The first kappa shape index (κ1) is 16.2. The number of urea groups is 1. The fraction of sp³-hybridized carbons (Fsp3) is 0.250. The standard InChI is InChI=1S/C12H14FN3O5/c1-21-7-2-3-8(13)9(4-7)15-12(20)16(5-10(14)17)6-11(18)19/h2-4H,5-6H2,1H3,(H2,14,17)(H,15,20)(H,18,19). The molecule has 1 aromatic carbocycles. The van der Waals surface area contributed by atoms with Gasteiger partial charge in [0.2, 0.25) is 5.91 Å². The average Bonchev–Trinajstić information content (AvgIpc) is 2.39. The van der Waals surface area contributed by atoms with E-state index in [2.05, 4.69) is 5.32 Å². The topological polar surface area (TPSA) is 122 Å². The van der Waals surface area contributed by atoms with Crippen LogP contribution >= 0.6 is 0 Å². The Hall–Kier alpha value is -2.84. The van der Waals surface area contributed by atoms with Crippen LogP contribution in [-0.4, -0.2) is 48.1 Å². The molecule has 9 heteroatoms. The van der Waals surface area contributed by atoms with Gasteiger partial charge in [0.15, 0.2) is 0 Å². The van der Waals surface area contributed by atoms with Gasteiger partial charge in [-0.05, 0) is 12.1 Å². The maximum Gasteiger partial charge on any atom is 0.323 e. The predicted octanol–water partition coefficient (Wildman–Crippen LogP) is 0.238. The molecule has 0 saturated heterocycles. The van der Waals surface area contributed by atoms with E-state index >= 15 is 0 Å². The van der Waals surface area contributed by atoms with Gasteiger partial charge in [-0.3, -0.25) is 9.59 Å². The SMILES string of the molecule is COc1ccc(F)c(NC(=O)N(CC(N)=O)CC(=O)O)c1. The molecule has 1 rings (SSSR count). The highest BCUT2D eigenvalue weighted by atomic mass is 19.1. The quantitative estimate of drug-likeness (QED) is 0.694. The van der Waals surface area contributed by atoms with E-state index in [0.29, 0.717) is 10.6 Å². The van der Waals surface area contributed by atoms with E-state index in [1.165, 1.54) is 19.2 Å². The van der Waals surface area contributed by atoms with Gasteiger partial charge in [0.05, 0.1) is 12.8 Å². The summed E-state index contributed by atoms with van der Waals surface area (Å²) >= 11 is 0. The number of carbonyl (C=O) groups is 3. The Morgan fingerprint density at radius 3 is 2.57 bits per heavy atom. The summed E-state index contributed by atoms with van der Waals surface area (Å²) in [5.41, 5.74) is 4.72. The van der Waals surface area contributed by atoms with E-state index < -0.39 is 36.8 Å². The number of nitrogens with two attached hydrogens (primary N) is 1. The molecule has 0 saturated carbocycles. The fourth-order valence-electron chi connectivity index (χ4n) is 1.47. The number of hydrogen-bond donors (Lipinski definition) is 3. The number of halogens is 1. The van der Waals surface area contributed by atoms with Gasteiger partial charge >= 0.3 is 12.0 Å². The van der Waals surface area contributed by atoms with Gasteiger partial charge in [0.25, 0.3) is 0 Å². The number of carboxylic acids is 1. The highest BCUT2D eigenvalue weighted by molar-refractivity contribution is 5.94. The van der Waals surface area contributed by atoms with Crippen molar-refractivity contribution in [2.45, 2.75) is 0 Å². The Bertz CT molecular complexity index is 548. The van der Waals surface area contributed by atoms with E-state index in [9.17, 15) is 18.8 Å². The second kappa shape index (κ2) is 7.08. The van der Waals surface area contributed by atoms with Crippen molar-refractivity contribution in [2.75, 3.05) is 25.5 Å². The molecule has 0 aliphatic carbocycles.